The summed E-state index contributed by atoms with van der Waals surface area (Å²) >= 11 is 10.1. The maximum atomic E-state index is 5.34. The van der Waals surface area contributed by atoms with Crippen molar-refractivity contribution in [1.29, 1.82) is 0 Å². The van der Waals surface area contributed by atoms with Gasteiger partial charge < -0.3 is 13.9 Å². The Kier molecular flexibility index (Phi) is 4.13. The first-order valence-corrected chi connectivity index (χ1v) is 5.66. The second kappa shape index (κ2) is 5.81. The van der Waals surface area contributed by atoms with E-state index in [-0.39, 0.29) is 17.7 Å². The molecule has 1 N–H and O–H groups in total. The highest BCUT2D eigenvalue weighted by atomic mass is 35.5. The van der Waals surface area contributed by atoms with Crippen molar-refractivity contribution in [3.05, 3.63) is 29.1 Å². The third kappa shape index (κ3) is 3.29. The third-order valence-corrected chi connectivity index (χ3v) is 2.25. The number of aromatic amines is 1. The van der Waals surface area contributed by atoms with Crippen LogP contribution in [-0.2, 0) is 4.74 Å². The van der Waals surface area contributed by atoms with Gasteiger partial charge in [0.15, 0.2) is 6.79 Å². The molecule has 1 aromatic carbocycles. The van der Waals surface area contributed by atoms with E-state index >= 15 is 0 Å². The fraction of sp³-hybridized carbons (Fsp3) is 0.200. The second-order valence-corrected chi connectivity index (χ2v) is 3.61. The van der Waals surface area contributed by atoms with Crippen LogP contribution in [0.25, 0.3) is 11.5 Å². The second-order valence-electron chi connectivity index (χ2n) is 3.02. The zero-order valence-corrected chi connectivity index (χ0v) is 10.3. The highest BCUT2D eigenvalue weighted by molar-refractivity contribution is 7.71. The Labute approximate surface area is 107 Å². The molecule has 7 heteroatoms. The van der Waals surface area contributed by atoms with E-state index in [4.69, 9.17) is 37.7 Å². The minimum absolute atomic E-state index is 0.103. The predicted molar refractivity (Wildman–Crippen MR) is 64.4 cm³/mol. The molecule has 1 heterocycles. The first-order valence-electron chi connectivity index (χ1n) is 4.72. The van der Waals surface area contributed by atoms with Crippen molar-refractivity contribution in [3.63, 3.8) is 0 Å². The molecule has 0 aliphatic heterocycles. The molecule has 0 aliphatic rings. The highest BCUT2D eigenvalue weighted by Gasteiger charge is 2.03. The summed E-state index contributed by atoms with van der Waals surface area (Å²) < 4.78 is 15.3. The molecule has 0 saturated carbocycles. The Balaban J connectivity index is 2.05. The average molecular weight is 273 g/mol. The van der Waals surface area contributed by atoms with E-state index in [9.17, 15) is 0 Å². The molecule has 0 radical (unpaired) electrons. The van der Waals surface area contributed by atoms with Crippen LogP contribution in [0.1, 0.15) is 0 Å². The molecule has 2 aromatic rings. The molecule has 90 valence electrons. The lowest BCUT2D eigenvalue weighted by Crippen LogP contribution is -2.00. The van der Waals surface area contributed by atoms with Crippen molar-refractivity contribution < 1.29 is 13.9 Å². The van der Waals surface area contributed by atoms with Crippen LogP contribution in [0.4, 0.5) is 0 Å². The van der Waals surface area contributed by atoms with Gasteiger partial charge in [0.2, 0.25) is 5.89 Å². The van der Waals surface area contributed by atoms with Crippen molar-refractivity contribution in [1.82, 2.24) is 10.2 Å². The maximum absolute atomic E-state index is 5.34. The van der Waals surface area contributed by atoms with Gasteiger partial charge in [-0.15, -0.1) is 5.10 Å². The average Bonchev–Trinajstić information content (AvgIpc) is 2.77. The van der Waals surface area contributed by atoms with Crippen LogP contribution in [0.2, 0.25) is 0 Å². The number of benzene rings is 1. The third-order valence-electron chi connectivity index (χ3n) is 1.93. The zero-order valence-electron chi connectivity index (χ0n) is 8.68. The molecule has 0 bridgehead atoms. The molecule has 5 nitrogen and oxygen atoms in total. The van der Waals surface area contributed by atoms with E-state index in [2.05, 4.69) is 10.2 Å². The topological polar surface area (TPSA) is 60.3 Å². The van der Waals surface area contributed by atoms with Gasteiger partial charge in [-0.05, 0) is 36.5 Å². The number of nitrogens with one attached hydrogen (secondary N) is 1. The summed E-state index contributed by atoms with van der Waals surface area (Å²) in [4.78, 5) is 0.246. The van der Waals surface area contributed by atoms with Gasteiger partial charge in [0.05, 0.1) is 0 Å². The highest BCUT2D eigenvalue weighted by Crippen LogP contribution is 2.20. The molecule has 1 aromatic heterocycles. The number of hydrogen-bond donors (Lipinski definition) is 1. The first kappa shape index (κ1) is 12.1. The molecule has 0 spiro atoms. The Hall–Kier alpha value is -1.37. The Morgan fingerprint density at radius 1 is 1.35 bits per heavy atom. The van der Waals surface area contributed by atoms with Crippen LogP contribution in [-0.4, -0.2) is 23.1 Å². The van der Waals surface area contributed by atoms with E-state index in [0.29, 0.717) is 11.6 Å². The van der Waals surface area contributed by atoms with Gasteiger partial charge in [0.1, 0.15) is 11.8 Å². The summed E-state index contributed by atoms with van der Waals surface area (Å²) in [6, 6.07) is 7.28. The van der Waals surface area contributed by atoms with Crippen molar-refractivity contribution in [2.24, 2.45) is 0 Å². The molecular formula is C10H9ClN2O3S. The van der Waals surface area contributed by atoms with Gasteiger partial charge in [-0.3, -0.25) is 0 Å². The summed E-state index contributed by atoms with van der Waals surface area (Å²) in [6.45, 7) is 0.117. The molecule has 0 saturated heterocycles. The number of H-pyrrole nitrogens is 1. The maximum Gasteiger partial charge on any atom is 0.284 e. The van der Waals surface area contributed by atoms with Gasteiger partial charge in [-0.25, -0.2) is 5.10 Å². The summed E-state index contributed by atoms with van der Waals surface area (Å²) in [6.07, 6.45) is 0. The molecule has 0 unspecified atom stereocenters. The monoisotopic (exact) mass is 272 g/mol. The number of halogens is 1. The normalized spacial score (nSPS) is 10.4. The lowest BCUT2D eigenvalue weighted by atomic mass is 10.2. The number of aromatic nitrogens is 2. The Morgan fingerprint density at radius 2 is 2.12 bits per heavy atom. The van der Waals surface area contributed by atoms with Crippen LogP contribution in [0, 0.1) is 4.84 Å². The van der Waals surface area contributed by atoms with E-state index in [0.717, 1.165) is 5.56 Å². The smallest absolute Gasteiger partial charge is 0.284 e. The van der Waals surface area contributed by atoms with Crippen molar-refractivity contribution in [3.8, 4) is 17.2 Å². The number of ether oxygens (including phenoxy) is 2. The zero-order chi connectivity index (χ0) is 12.1. The van der Waals surface area contributed by atoms with Crippen LogP contribution in [0.3, 0.4) is 0 Å². The minimum atomic E-state index is 0.103. The number of alkyl halides is 1. The van der Waals surface area contributed by atoms with Crippen LogP contribution in [0.5, 0.6) is 5.75 Å². The van der Waals surface area contributed by atoms with E-state index in [1.165, 1.54) is 0 Å². The van der Waals surface area contributed by atoms with Gasteiger partial charge >= 0.3 is 0 Å². The van der Waals surface area contributed by atoms with Gasteiger partial charge in [-0.1, -0.05) is 11.6 Å². The van der Waals surface area contributed by atoms with E-state index < -0.39 is 0 Å². The van der Waals surface area contributed by atoms with Crippen LogP contribution < -0.4 is 4.74 Å². The molecule has 0 aliphatic carbocycles. The number of rotatable bonds is 5. The quantitative estimate of drug-likeness (QED) is 0.392. The molecule has 0 amide bonds. The minimum Gasteiger partial charge on any atom is -0.468 e. The van der Waals surface area contributed by atoms with Crippen LogP contribution in [0.15, 0.2) is 28.7 Å². The molecule has 2 rings (SSSR count). The Bertz CT molecular complexity index is 523. The molecule has 0 fully saturated rings. The van der Waals surface area contributed by atoms with Gasteiger partial charge in [-0.2, -0.15) is 0 Å². The van der Waals surface area contributed by atoms with Crippen molar-refractivity contribution >= 4 is 23.8 Å². The molecule has 17 heavy (non-hydrogen) atoms. The largest absolute Gasteiger partial charge is 0.468 e. The Morgan fingerprint density at radius 3 is 2.71 bits per heavy atom. The lowest BCUT2D eigenvalue weighted by molar-refractivity contribution is 0.0401. The predicted octanol–water partition coefficient (Wildman–Crippen LogP) is 2.95. The van der Waals surface area contributed by atoms with Crippen molar-refractivity contribution in [2.75, 3.05) is 12.9 Å². The summed E-state index contributed by atoms with van der Waals surface area (Å²) in [5.74, 6) is 1.12. The lowest BCUT2D eigenvalue weighted by Gasteiger charge is -2.04. The molecular weight excluding hydrogens is 264 g/mol. The number of hydrogen-bond acceptors (Lipinski definition) is 5. The van der Waals surface area contributed by atoms with Gasteiger partial charge in [0, 0.05) is 5.56 Å². The first-order chi connectivity index (χ1) is 8.29. The number of nitrogens with zero attached hydrogens (tertiary/aromatic N) is 1. The van der Waals surface area contributed by atoms with E-state index in [1.807, 2.05) is 12.1 Å². The van der Waals surface area contributed by atoms with E-state index in [1.54, 1.807) is 12.1 Å². The van der Waals surface area contributed by atoms with Crippen molar-refractivity contribution in [2.45, 2.75) is 0 Å². The fourth-order valence-electron chi connectivity index (χ4n) is 1.19. The summed E-state index contributed by atoms with van der Waals surface area (Å²) in [7, 11) is 0. The van der Waals surface area contributed by atoms with Crippen LogP contribution >= 0.6 is 23.8 Å². The SMILES string of the molecule is S=c1[nH]nc(-c2ccc(OCOCCl)cc2)o1. The fourth-order valence-corrected chi connectivity index (χ4v) is 1.38. The molecule has 0 atom stereocenters. The standard InChI is InChI=1S/C10H9ClN2O3S/c11-5-14-6-15-8-3-1-7(2-4-8)9-12-13-10(17)16-9/h1-4H,5-6H2,(H,13,17). The van der Waals surface area contributed by atoms with Gasteiger partial charge in [0.25, 0.3) is 4.84 Å². The summed E-state index contributed by atoms with van der Waals surface area (Å²) in [5, 5.41) is 6.47. The summed E-state index contributed by atoms with van der Waals surface area (Å²) in [5.41, 5.74) is 0.808.